The zero-order valence-corrected chi connectivity index (χ0v) is 9.48. The van der Waals surface area contributed by atoms with E-state index < -0.39 is 0 Å². The molecule has 3 nitrogen and oxygen atoms in total. The van der Waals surface area contributed by atoms with Crippen molar-refractivity contribution >= 4 is 28.7 Å². The smallest absolute Gasteiger partial charge is 0.270 e. The van der Waals surface area contributed by atoms with E-state index in [-0.39, 0.29) is 5.56 Å². The molecule has 0 amide bonds. The van der Waals surface area contributed by atoms with E-state index in [9.17, 15) is 4.79 Å². The van der Waals surface area contributed by atoms with Gasteiger partial charge in [0, 0.05) is 11.4 Å². The summed E-state index contributed by atoms with van der Waals surface area (Å²) in [5, 5.41) is 2.01. The van der Waals surface area contributed by atoms with Crippen LogP contribution < -0.4 is 14.9 Å². The molecule has 0 radical (unpaired) electrons. The SMILES string of the molecule is O=c1/c(=C\c2cccs2)sc2n1CCN=2. The highest BCUT2D eigenvalue weighted by molar-refractivity contribution is 7.11. The molecule has 0 saturated heterocycles. The van der Waals surface area contributed by atoms with Crippen molar-refractivity contribution in [2.75, 3.05) is 6.54 Å². The Bertz CT molecular complexity index is 649. The lowest BCUT2D eigenvalue weighted by Crippen LogP contribution is -2.29. The molecule has 0 bridgehead atoms. The fraction of sp³-hybridized carbons (Fsp3) is 0.200. The second-order valence-corrected chi connectivity index (χ2v) is 5.24. The van der Waals surface area contributed by atoms with Gasteiger partial charge in [0.05, 0.1) is 11.1 Å². The Labute approximate surface area is 93.7 Å². The standard InChI is InChI=1S/C10H8N2OS2/c13-9-8(6-7-2-1-5-14-7)15-10-11-3-4-12(9)10/h1-2,5-6H,3-4H2/b8-6+. The molecular weight excluding hydrogens is 228 g/mol. The van der Waals surface area contributed by atoms with E-state index in [1.807, 2.05) is 23.6 Å². The molecule has 2 aromatic rings. The predicted octanol–water partition coefficient (Wildman–Crippen LogP) is 0.433. The summed E-state index contributed by atoms with van der Waals surface area (Å²) in [6.07, 6.45) is 1.94. The van der Waals surface area contributed by atoms with Crippen LogP contribution in [0.15, 0.2) is 27.3 Å². The molecule has 0 N–H and O–H groups in total. The van der Waals surface area contributed by atoms with Crippen LogP contribution in [0.5, 0.6) is 0 Å². The number of hydrogen-bond donors (Lipinski definition) is 0. The Morgan fingerprint density at radius 3 is 3.20 bits per heavy atom. The maximum atomic E-state index is 11.9. The molecule has 3 rings (SSSR count). The lowest BCUT2D eigenvalue weighted by Gasteiger charge is -1.85. The van der Waals surface area contributed by atoms with Crippen LogP contribution in [0, 0.1) is 0 Å². The van der Waals surface area contributed by atoms with Gasteiger partial charge in [-0.25, -0.2) is 0 Å². The number of rotatable bonds is 1. The van der Waals surface area contributed by atoms with Gasteiger partial charge >= 0.3 is 0 Å². The summed E-state index contributed by atoms with van der Waals surface area (Å²) in [6.45, 7) is 1.49. The van der Waals surface area contributed by atoms with E-state index >= 15 is 0 Å². The topological polar surface area (TPSA) is 34.4 Å². The van der Waals surface area contributed by atoms with E-state index in [0.717, 1.165) is 27.3 Å². The van der Waals surface area contributed by atoms with Crippen LogP contribution in [-0.4, -0.2) is 11.1 Å². The molecule has 1 aliphatic heterocycles. The van der Waals surface area contributed by atoms with Gasteiger partial charge in [0.15, 0.2) is 4.80 Å². The summed E-state index contributed by atoms with van der Waals surface area (Å²) in [5.41, 5.74) is 0.102. The number of aromatic nitrogens is 1. The Morgan fingerprint density at radius 2 is 2.47 bits per heavy atom. The molecular formula is C10H8N2OS2. The minimum Gasteiger partial charge on any atom is -0.282 e. The number of nitrogens with zero attached hydrogens (tertiary/aromatic N) is 2. The monoisotopic (exact) mass is 236 g/mol. The molecule has 76 valence electrons. The van der Waals surface area contributed by atoms with Crippen molar-refractivity contribution in [3.8, 4) is 0 Å². The van der Waals surface area contributed by atoms with Crippen LogP contribution in [0.1, 0.15) is 4.88 Å². The highest BCUT2D eigenvalue weighted by Crippen LogP contribution is 2.08. The molecule has 0 saturated carbocycles. The quantitative estimate of drug-likeness (QED) is 0.707. The van der Waals surface area contributed by atoms with Crippen LogP contribution in [0.3, 0.4) is 0 Å². The van der Waals surface area contributed by atoms with Gasteiger partial charge < -0.3 is 0 Å². The second-order valence-electron chi connectivity index (χ2n) is 3.25. The summed E-state index contributed by atoms with van der Waals surface area (Å²) in [6, 6.07) is 4.00. The highest BCUT2D eigenvalue weighted by Gasteiger charge is 2.09. The average molecular weight is 236 g/mol. The normalized spacial score (nSPS) is 15.3. The molecule has 0 spiro atoms. The number of hydrogen-bond acceptors (Lipinski definition) is 4. The molecule has 0 fully saturated rings. The highest BCUT2D eigenvalue weighted by atomic mass is 32.1. The maximum absolute atomic E-state index is 11.9. The minimum atomic E-state index is 0.102. The van der Waals surface area contributed by atoms with E-state index in [0.29, 0.717) is 0 Å². The predicted molar refractivity (Wildman–Crippen MR) is 62.1 cm³/mol. The van der Waals surface area contributed by atoms with Crippen molar-refractivity contribution in [1.82, 2.24) is 4.57 Å². The van der Waals surface area contributed by atoms with Gasteiger partial charge in [-0.05, 0) is 17.5 Å². The van der Waals surface area contributed by atoms with Crippen molar-refractivity contribution < 1.29 is 0 Å². The van der Waals surface area contributed by atoms with Crippen molar-refractivity contribution in [3.63, 3.8) is 0 Å². The first kappa shape index (κ1) is 9.06. The minimum absolute atomic E-state index is 0.102. The van der Waals surface area contributed by atoms with E-state index in [1.165, 1.54) is 11.3 Å². The molecule has 0 atom stereocenters. The summed E-state index contributed by atoms with van der Waals surface area (Å²) < 4.78 is 2.54. The van der Waals surface area contributed by atoms with Crippen LogP contribution in [0.25, 0.3) is 6.08 Å². The third-order valence-electron chi connectivity index (χ3n) is 2.28. The first-order chi connectivity index (χ1) is 7.34. The van der Waals surface area contributed by atoms with Crippen molar-refractivity contribution in [2.45, 2.75) is 6.54 Å². The fourth-order valence-electron chi connectivity index (χ4n) is 1.57. The molecule has 3 heterocycles. The molecule has 0 aromatic carbocycles. The third-order valence-corrected chi connectivity index (χ3v) is 4.14. The fourth-order valence-corrected chi connectivity index (χ4v) is 3.32. The molecule has 15 heavy (non-hydrogen) atoms. The third kappa shape index (κ3) is 1.48. The van der Waals surface area contributed by atoms with Crippen LogP contribution in [-0.2, 0) is 6.54 Å². The van der Waals surface area contributed by atoms with Gasteiger partial charge in [0.1, 0.15) is 0 Å². The maximum Gasteiger partial charge on any atom is 0.270 e. The molecule has 0 aliphatic carbocycles. The zero-order chi connectivity index (χ0) is 10.3. The van der Waals surface area contributed by atoms with Crippen molar-refractivity contribution in [1.29, 1.82) is 0 Å². The van der Waals surface area contributed by atoms with Gasteiger partial charge in [-0.2, -0.15) is 0 Å². The molecule has 2 aromatic heterocycles. The number of thiazole rings is 1. The summed E-state index contributed by atoms with van der Waals surface area (Å²) in [5.74, 6) is 0. The number of thiophene rings is 1. The van der Waals surface area contributed by atoms with Gasteiger partial charge in [0.2, 0.25) is 0 Å². The van der Waals surface area contributed by atoms with E-state index in [4.69, 9.17) is 0 Å². The Morgan fingerprint density at radius 1 is 1.53 bits per heavy atom. The van der Waals surface area contributed by atoms with Gasteiger partial charge in [-0.1, -0.05) is 17.4 Å². The van der Waals surface area contributed by atoms with Crippen LogP contribution in [0.2, 0.25) is 0 Å². The van der Waals surface area contributed by atoms with Crippen molar-refractivity contribution in [2.24, 2.45) is 4.99 Å². The largest absolute Gasteiger partial charge is 0.282 e. The second kappa shape index (κ2) is 3.43. The summed E-state index contributed by atoms with van der Waals surface area (Å²) in [7, 11) is 0. The van der Waals surface area contributed by atoms with Gasteiger partial charge in [-0.15, -0.1) is 11.3 Å². The van der Waals surface area contributed by atoms with E-state index in [2.05, 4.69) is 4.99 Å². The number of fused-ring (bicyclic) bond motifs is 1. The average Bonchev–Trinajstić information content (AvgIpc) is 2.89. The summed E-state index contributed by atoms with van der Waals surface area (Å²) >= 11 is 3.12. The van der Waals surface area contributed by atoms with Crippen LogP contribution in [0.4, 0.5) is 0 Å². The molecule has 0 unspecified atom stereocenters. The lowest BCUT2D eigenvalue weighted by molar-refractivity contribution is 0.740. The zero-order valence-electron chi connectivity index (χ0n) is 7.84. The van der Waals surface area contributed by atoms with Crippen molar-refractivity contribution in [3.05, 3.63) is 42.1 Å². The van der Waals surface area contributed by atoms with Gasteiger partial charge in [-0.3, -0.25) is 14.4 Å². The molecule has 5 heteroatoms. The summed E-state index contributed by atoms with van der Waals surface area (Å²) in [4.78, 5) is 18.1. The first-order valence-corrected chi connectivity index (χ1v) is 6.33. The Kier molecular flexibility index (Phi) is 2.07. The molecule has 1 aliphatic rings. The first-order valence-electron chi connectivity index (χ1n) is 4.64. The lowest BCUT2D eigenvalue weighted by atomic mass is 10.4. The van der Waals surface area contributed by atoms with Crippen LogP contribution >= 0.6 is 22.7 Å². The Balaban J connectivity index is 2.26. The van der Waals surface area contributed by atoms with E-state index in [1.54, 1.807) is 15.9 Å². The Hall–Kier alpha value is -1.20. The van der Waals surface area contributed by atoms with Gasteiger partial charge in [0.25, 0.3) is 5.56 Å².